The van der Waals surface area contributed by atoms with Gasteiger partial charge in [-0.25, -0.2) is 5.84 Å². The van der Waals surface area contributed by atoms with Crippen LogP contribution in [0.15, 0.2) is 5.16 Å². The van der Waals surface area contributed by atoms with Crippen molar-refractivity contribution in [1.82, 2.24) is 15.0 Å². The van der Waals surface area contributed by atoms with E-state index in [1.807, 2.05) is 0 Å². The van der Waals surface area contributed by atoms with E-state index >= 15 is 0 Å². The fourth-order valence-electron chi connectivity index (χ4n) is 1.43. The number of nitrogens with one attached hydrogen (secondary N) is 1. The predicted octanol–water partition coefficient (Wildman–Crippen LogP) is 1.90. The highest BCUT2D eigenvalue weighted by atomic mass is 32.2. The lowest BCUT2D eigenvalue weighted by molar-refractivity contribution is 0.782. The molecule has 102 valence electrons. The number of hydrazine groups is 1. The van der Waals surface area contributed by atoms with Gasteiger partial charge >= 0.3 is 0 Å². The molecule has 0 radical (unpaired) electrons. The van der Waals surface area contributed by atoms with E-state index in [1.54, 1.807) is 11.8 Å². The van der Waals surface area contributed by atoms with E-state index in [0.717, 1.165) is 30.4 Å². The van der Waals surface area contributed by atoms with Crippen LogP contribution in [0.5, 0.6) is 0 Å². The standard InChI is InChI=1S/C11H22N6S/c1-4-7-8-18-11-14-9(16-12)13-10(15-11)17(5-2)6-3/h4-8,12H2,1-3H3,(H,13,14,15,16). The Bertz CT molecular complexity index is 355. The molecule has 1 aromatic rings. The molecule has 1 rings (SSSR count). The Hall–Kier alpha value is -1.08. The zero-order chi connectivity index (χ0) is 13.4. The summed E-state index contributed by atoms with van der Waals surface area (Å²) in [6.07, 6.45) is 2.32. The second kappa shape index (κ2) is 8.10. The lowest BCUT2D eigenvalue weighted by atomic mass is 10.4. The maximum Gasteiger partial charge on any atom is 0.242 e. The van der Waals surface area contributed by atoms with Crippen molar-refractivity contribution in [1.29, 1.82) is 0 Å². The van der Waals surface area contributed by atoms with Crippen LogP contribution in [0.3, 0.4) is 0 Å². The summed E-state index contributed by atoms with van der Waals surface area (Å²) in [6, 6.07) is 0. The smallest absolute Gasteiger partial charge is 0.242 e. The van der Waals surface area contributed by atoms with Crippen LogP contribution in [0.4, 0.5) is 11.9 Å². The first-order chi connectivity index (χ1) is 8.74. The van der Waals surface area contributed by atoms with Gasteiger partial charge in [-0.3, -0.25) is 5.43 Å². The normalized spacial score (nSPS) is 10.4. The first-order valence-electron chi connectivity index (χ1n) is 6.35. The van der Waals surface area contributed by atoms with Crippen molar-refractivity contribution >= 4 is 23.7 Å². The van der Waals surface area contributed by atoms with Gasteiger partial charge in [-0.2, -0.15) is 15.0 Å². The van der Waals surface area contributed by atoms with Crippen LogP contribution < -0.4 is 16.2 Å². The molecule has 0 bridgehead atoms. The van der Waals surface area contributed by atoms with Gasteiger partial charge in [0.1, 0.15) is 0 Å². The minimum atomic E-state index is 0.422. The summed E-state index contributed by atoms with van der Waals surface area (Å²) in [5.74, 6) is 7.52. The van der Waals surface area contributed by atoms with Gasteiger partial charge < -0.3 is 4.90 Å². The third-order valence-electron chi connectivity index (χ3n) is 2.51. The molecule has 0 amide bonds. The van der Waals surface area contributed by atoms with Crippen molar-refractivity contribution in [3.63, 3.8) is 0 Å². The second-order valence-corrected chi connectivity index (χ2v) is 4.82. The molecule has 18 heavy (non-hydrogen) atoms. The van der Waals surface area contributed by atoms with Gasteiger partial charge in [-0.05, 0) is 20.3 Å². The van der Waals surface area contributed by atoms with Crippen molar-refractivity contribution in [2.45, 2.75) is 38.8 Å². The van der Waals surface area contributed by atoms with Crippen LogP contribution in [0.2, 0.25) is 0 Å². The molecule has 0 unspecified atom stereocenters. The molecular formula is C11H22N6S. The third-order valence-corrected chi connectivity index (χ3v) is 3.44. The lowest BCUT2D eigenvalue weighted by Crippen LogP contribution is -2.25. The second-order valence-electron chi connectivity index (χ2n) is 3.76. The van der Waals surface area contributed by atoms with E-state index in [0.29, 0.717) is 11.9 Å². The fourth-order valence-corrected chi connectivity index (χ4v) is 2.34. The summed E-state index contributed by atoms with van der Waals surface area (Å²) >= 11 is 1.64. The van der Waals surface area contributed by atoms with E-state index in [-0.39, 0.29) is 0 Å². The largest absolute Gasteiger partial charge is 0.341 e. The van der Waals surface area contributed by atoms with Crippen molar-refractivity contribution in [3.8, 4) is 0 Å². The maximum atomic E-state index is 5.39. The first-order valence-corrected chi connectivity index (χ1v) is 7.34. The highest BCUT2D eigenvalue weighted by Gasteiger charge is 2.10. The topological polar surface area (TPSA) is 80.0 Å². The monoisotopic (exact) mass is 270 g/mol. The Morgan fingerprint density at radius 2 is 1.89 bits per heavy atom. The molecule has 7 heteroatoms. The zero-order valence-electron chi connectivity index (χ0n) is 11.3. The van der Waals surface area contributed by atoms with Gasteiger partial charge in [0, 0.05) is 18.8 Å². The molecule has 0 aliphatic carbocycles. The molecule has 1 heterocycles. The minimum Gasteiger partial charge on any atom is -0.341 e. The van der Waals surface area contributed by atoms with E-state index in [2.05, 4.69) is 46.0 Å². The van der Waals surface area contributed by atoms with Crippen LogP contribution >= 0.6 is 11.8 Å². The number of nitrogens with zero attached hydrogens (tertiary/aromatic N) is 4. The maximum absolute atomic E-state index is 5.39. The van der Waals surface area contributed by atoms with E-state index < -0.39 is 0 Å². The van der Waals surface area contributed by atoms with Gasteiger partial charge in [-0.15, -0.1) is 0 Å². The quantitative estimate of drug-likeness (QED) is 0.323. The number of hydrogen-bond acceptors (Lipinski definition) is 7. The number of hydrogen-bond donors (Lipinski definition) is 2. The Morgan fingerprint density at radius 1 is 1.17 bits per heavy atom. The number of rotatable bonds is 8. The fraction of sp³-hybridized carbons (Fsp3) is 0.727. The highest BCUT2D eigenvalue weighted by molar-refractivity contribution is 7.99. The molecule has 3 N–H and O–H groups in total. The van der Waals surface area contributed by atoms with Gasteiger partial charge in [0.2, 0.25) is 11.9 Å². The SMILES string of the molecule is CCCCSc1nc(NN)nc(N(CC)CC)n1. The molecule has 0 atom stereocenters. The van der Waals surface area contributed by atoms with E-state index in [4.69, 9.17) is 5.84 Å². The van der Waals surface area contributed by atoms with Crippen molar-refractivity contribution < 1.29 is 0 Å². The molecule has 6 nitrogen and oxygen atoms in total. The van der Waals surface area contributed by atoms with Crippen molar-refractivity contribution in [2.75, 3.05) is 29.2 Å². The van der Waals surface area contributed by atoms with Gasteiger partial charge in [0.05, 0.1) is 0 Å². The van der Waals surface area contributed by atoms with Gasteiger partial charge in [-0.1, -0.05) is 25.1 Å². The Labute approximate surface area is 113 Å². The number of unbranched alkanes of at least 4 members (excludes halogenated alkanes) is 1. The number of nitrogens with two attached hydrogens (primary N) is 1. The van der Waals surface area contributed by atoms with Crippen LogP contribution in [-0.2, 0) is 0 Å². The van der Waals surface area contributed by atoms with Gasteiger partial charge in [0.25, 0.3) is 0 Å². The van der Waals surface area contributed by atoms with Crippen molar-refractivity contribution in [2.24, 2.45) is 5.84 Å². The minimum absolute atomic E-state index is 0.422. The molecule has 0 fully saturated rings. The first kappa shape index (κ1) is 15.0. The average Bonchev–Trinajstić information content (AvgIpc) is 2.40. The Morgan fingerprint density at radius 3 is 2.44 bits per heavy atom. The van der Waals surface area contributed by atoms with Crippen LogP contribution in [0.1, 0.15) is 33.6 Å². The third kappa shape index (κ3) is 4.30. The number of nitrogen functional groups attached to an aromatic ring is 1. The zero-order valence-corrected chi connectivity index (χ0v) is 12.1. The molecule has 0 saturated heterocycles. The molecular weight excluding hydrogens is 248 g/mol. The van der Waals surface area contributed by atoms with E-state index in [1.165, 1.54) is 6.42 Å². The van der Waals surface area contributed by atoms with Crippen LogP contribution in [0, 0.1) is 0 Å². The van der Waals surface area contributed by atoms with E-state index in [9.17, 15) is 0 Å². The molecule has 0 aromatic carbocycles. The number of thioether (sulfide) groups is 1. The molecule has 0 saturated carbocycles. The Balaban J connectivity index is 2.86. The molecule has 1 aromatic heterocycles. The van der Waals surface area contributed by atoms with Crippen LogP contribution in [-0.4, -0.2) is 33.8 Å². The molecule has 0 aliphatic heterocycles. The predicted molar refractivity (Wildman–Crippen MR) is 76.8 cm³/mol. The summed E-state index contributed by atoms with van der Waals surface area (Å²) in [5, 5.41) is 0.730. The highest BCUT2D eigenvalue weighted by Crippen LogP contribution is 2.19. The lowest BCUT2D eigenvalue weighted by Gasteiger charge is -2.19. The number of aromatic nitrogens is 3. The summed E-state index contributed by atoms with van der Waals surface area (Å²) < 4.78 is 0. The summed E-state index contributed by atoms with van der Waals surface area (Å²) in [7, 11) is 0. The average molecular weight is 270 g/mol. The molecule has 0 spiro atoms. The Kier molecular flexibility index (Phi) is 6.74. The van der Waals surface area contributed by atoms with Crippen molar-refractivity contribution in [3.05, 3.63) is 0 Å². The summed E-state index contributed by atoms with van der Waals surface area (Å²) in [6.45, 7) is 8.05. The molecule has 0 aliphatic rings. The summed E-state index contributed by atoms with van der Waals surface area (Å²) in [4.78, 5) is 15.1. The van der Waals surface area contributed by atoms with Crippen LogP contribution in [0.25, 0.3) is 0 Å². The number of anilines is 2. The van der Waals surface area contributed by atoms with Gasteiger partial charge in [0.15, 0.2) is 5.16 Å². The summed E-state index contributed by atoms with van der Waals surface area (Å²) in [5.41, 5.74) is 2.50.